The standard InChI is InChI=1S/C10H14F2O4/c1-6(2)7(13)16-9(3,4)10(11,12)8(14)15-5/h1H2,2-5H3. The highest BCUT2D eigenvalue weighted by Gasteiger charge is 2.57. The molecule has 0 unspecified atom stereocenters. The second kappa shape index (κ2) is 4.59. The van der Waals surface area contributed by atoms with E-state index in [1.54, 1.807) is 0 Å². The summed E-state index contributed by atoms with van der Waals surface area (Å²) in [5.41, 5.74) is -2.33. The second-order valence-electron chi connectivity index (χ2n) is 3.75. The highest BCUT2D eigenvalue weighted by molar-refractivity contribution is 5.88. The van der Waals surface area contributed by atoms with Crippen LogP contribution < -0.4 is 0 Å². The number of carbonyl (C=O) groups excluding carboxylic acids is 2. The Labute approximate surface area is 92.2 Å². The first-order chi connectivity index (χ1) is 7.06. The summed E-state index contributed by atoms with van der Waals surface area (Å²) in [5, 5.41) is 0. The van der Waals surface area contributed by atoms with Crippen molar-refractivity contribution in [2.24, 2.45) is 0 Å². The third-order valence-corrected chi connectivity index (χ3v) is 1.89. The van der Waals surface area contributed by atoms with Gasteiger partial charge in [0.05, 0.1) is 7.11 Å². The molecule has 0 amide bonds. The summed E-state index contributed by atoms with van der Waals surface area (Å²) in [6.07, 6.45) is 0. The number of methoxy groups -OCH3 is 1. The third-order valence-electron chi connectivity index (χ3n) is 1.89. The molecule has 0 bridgehead atoms. The van der Waals surface area contributed by atoms with Gasteiger partial charge in [0.15, 0.2) is 5.60 Å². The van der Waals surface area contributed by atoms with Crippen molar-refractivity contribution in [2.45, 2.75) is 32.3 Å². The second-order valence-corrected chi connectivity index (χ2v) is 3.75. The quantitative estimate of drug-likeness (QED) is 0.550. The van der Waals surface area contributed by atoms with E-state index in [0.717, 1.165) is 21.0 Å². The van der Waals surface area contributed by atoms with Crippen LogP contribution in [0.3, 0.4) is 0 Å². The van der Waals surface area contributed by atoms with Crippen LogP contribution in [-0.4, -0.2) is 30.6 Å². The van der Waals surface area contributed by atoms with E-state index in [-0.39, 0.29) is 5.57 Å². The van der Waals surface area contributed by atoms with Crippen molar-refractivity contribution < 1.29 is 27.8 Å². The summed E-state index contributed by atoms with van der Waals surface area (Å²) in [5.74, 6) is -6.67. The third kappa shape index (κ3) is 2.77. The highest BCUT2D eigenvalue weighted by atomic mass is 19.3. The molecule has 0 aromatic carbocycles. The number of carbonyl (C=O) groups is 2. The summed E-state index contributed by atoms with van der Waals surface area (Å²) in [7, 11) is 0.826. The Balaban J connectivity index is 4.97. The molecule has 0 atom stereocenters. The molecule has 4 nitrogen and oxygen atoms in total. The molecule has 0 saturated heterocycles. The van der Waals surface area contributed by atoms with Gasteiger partial charge in [-0.2, -0.15) is 8.78 Å². The Morgan fingerprint density at radius 1 is 1.25 bits per heavy atom. The Hall–Kier alpha value is -1.46. The first-order valence-corrected chi connectivity index (χ1v) is 4.41. The first-order valence-electron chi connectivity index (χ1n) is 4.41. The van der Waals surface area contributed by atoms with Crippen molar-refractivity contribution in [1.29, 1.82) is 0 Å². The van der Waals surface area contributed by atoms with Gasteiger partial charge in [-0.05, 0) is 20.8 Å². The zero-order valence-corrected chi connectivity index (χ0v) is 9.60. The molecule has 0 saturated carbocycles. The fraction of sp³-hybridized carbons (Fsp3) is 0.600. The highest BCUT2D eigenvalue weighted by Crippen LogP contribution is 2.33. The van der Waals surface area contributed by atoms with Crippen LogP contribution in [0, 0.1) is 0 Å². The molecule has 6 heteroatoms. The summed E-state index contributed by atoms with van der Waals surface area (Å²) in [6, 6.07) is 0. The van der Waals surface area contributed by atoms with Gasteiger partial charge in [-0.25, -0.2) is 9.59 Å². The molecule has 0 rings (SSSR count). The summed E-state index contributed by atoms with van der Waals surface area (Å²) in [4.78, 5) is 22.0. The maximum Gasteiger partial charge on any atom is 0.381 e. The van der Waals surface area contributed by atoms with Gasteiger partial charge >= 0.3 is 17.9 Å². The number of hydrogen-bond donors (Lipinski definition) is 0. The predicted octanol–water partition coefficient (Wildman–Crippen LogP) is 1.69. The molecular formula is C10H14F2O4. The van der Waals surface area contributed by atoms with Gasteiger partial charge in [-0.15, -0.1) is 0 Å². The Bertz CT molecular complexity index is 321. The van der Waals surface area contributed by atoms with E-state index in [0.29, 0.717) is 0 Å². The van der Waals surface area contributed by atoms with Crippen LogP contribution in [0.1, 0.15) is 20.8 Å². The number of hydrogen-bond acceptors (Lipinski definition) is 4. The number of halogens is 2. The fourth-order valence-corrected chi connectivity index (χ4v) is 0.757. The lowest BCUT2D eigenvalue weighted by molar-refractivity contribution is -0.214. The normalized spacial score (nSPS) is 11.9. The molecular weight excluding hydrogens is 222 g/mol. The average molecular weight is 236 g/mol. The van der Waals surface area contributed by atoms with Gasteiger partial charge < -0.3 is 9.47 Å². The van der Waals surface area contributed by atoms with Gasteiger partial charge in [0, 0.05) is 5.57 Å². The molecule has 0 spiro atoms. The van der Waals surface area contributed by atoms with E-state index in [2.05, 4.69) is 16.1 Å². The Morgan fingerprint density at radius 3 is 2.00 bits per heavy atom. The van der Waals surface area contributed by atoms with Gasteiger partial charge in [-0.1, -0.05) is 6.58 Å². The Kier molecular flexibility index (Phi) is 4.17. The summed E-state index contributed by atoms with van der Waals surface area (Å²) in [6.45, 7) is 6.41. The predicted molar refractivity (Wildman–Crippen MR) is 51.9 cm³/mol. The lowest BCUT2D eigenvalue weighted by Crippen LogP contribution is -2.52. The van der Waals surface area contributed by atoms with Crippen LogP contribution in [0.4, 0.5) is 8.78 Å². The fourth-order valence-electron chi connectivity index (χ4n) is 0.757. The van der Waals surface area contributed by atoms with Crippen LogP contribution >= 0.6 is 0 Å². The van der Waals surface area contributed by atoms with E-state index in [1.807, 2.05) is 0 Å². The zero-order chi connectivity index (χ0) is 13.1. The van der Waals surface area contributed by atoms with Gasteiger partial charge in [0.2, 0.25) is 0 Å². The number of rotatable bonds is 4. The smallest absolute Gasteiger partial charge is 0.381 e. The van der Waals surface area contributed by atoms with Gasteiger partial charge in [0.25, 0.3) is 0 Å². The minimum atomic E-state index is -3.92. The number of esters is 2. The molecule has 0 fully saturated rings. The van der Waals surface area contributed by atoms with E-state index < -0.39 is 23.5 Å². The van der Waals surface area contributed by atoms with E-state index in [1.165, 1.54) is 6.92 Å². The van der Waals surface area contributed by atoms with Gasteiger partial charge in [0.1, 0.15) is 0 Å². The van der Waals surface area contributed by atoms with Crippen LogP contribution in [0.15, 0.2) is 12.2 Å². The van der Waals surface area contributed by atoms with Gasteiger partial charge in [-0.3, -0.25) is 0 Å². The number of alkyl halides is 2. The monoisotopic (exact) mass is 236 g/mol. The molecule has 0 aliphatic carbocycles. The van der Waals surface area contributed by atoms with Crippen LogP contribution in [0.25, 0.3) is 0 Å². The molecule has 0 N–H and O–H groups in total. The first kappa shape index (κ1) is 14.5. The van der Waals surface area contributed by atoms with Crippen molar-refractivity contribution in [1.82, 2.24) is 0 Å². The topological polar surface area (TPSA) is 52.6 Å². The largest absolute Gasteiger partial charge is 0.464 e. The van der Waals surface area contributed by atoms with Crippen LogP contribution in [0.2, 0.25) is 0 Å². The van der Waals surface area contributed by atoms with Crippen LogP contribution in [0.5, 0.6) is 0 Å². The van der Waals surface area contributed by atoms with Crippen LogP contribution in [-0.2, 0) is 19.1 Å². The lowest BCUT2D eigenvalue weighted by Gasteiger charge is -2.31. The van der Waals surface area contributed by atoms with E-state index in [4.69, 9.17) is 0 Å². The minimum Gasteiger partial charge on any atom is -0.464 e. The molecule has 92 valence electrons. The maximum atomic E-state index is 13.4. The maximum absolute atomic E-state index is 13.4. The van der Waals surface area contributed by atoms with Crippen molar-refractivity contribution >= 4 is 11.9 Å². The lowest BCUT2D eigenvalue weighted by atomic mass is 10.0. The molecule has 0 aliphatic heterocycles. The number of ether oxygens (including phenoxy) is 2. The zero-order valence-electron chi connectivity index (χ0n) is 9.60. The van der Waals surface area contributed by atoms with E-state index in [9.17, 15) is 18.4 Å². The van der Waals surface area contributed by atoms with Crippen molar-refractivity contribution in [3.05, 3.63) is 12.2 Å². The molecule has 0 aliphatic rings. The molecule has 0 aromatic rings. The molecule has 16 heavy (non-hydrogen) atoms. The molecule has 0 aromatic heterocycles. The summed E-state index contributed by atoms with van der Waals surface area (Å²) >= 11 is 0. The van der Waals surface area contributed by atoms with Crippen molar-refractivity contribution in [3.63, 3.8) is 0 Å². The van der Waals surface area contributed by atoms with Crippen molar-refractivity contribution in [2.75, 3.05) is 7.11 Å². The average Bonchev–Trinajstić information content (AvgIpc) is 2.15. The van der Waals surface area contributed by atoms with Crippen molar-refractivity contribution in [3.8, 4) is 0 Å². The SMILES string of the molecule is C=C(C)C(=O)OC(C)(C)C(F)(F)C(=O)OC. The Morgan fingerprint density at radius 2 is 1.69 bits per heavy atom. The molecule has 0 heterocycles. The molecule has 0 radical (unpaired) electrons. The van der Waals surface area contributed by atoms with E-state index >= 15 is 0 Å². The minimum absolute atomic E-state index is 0.0336. The summed E-state index contributed by atoms with van der Waals surface area (Å²) < 4.78 is 35.3.